The van der Waals surface area contributed by atoms with Crippen molar-refractivity contribution in [2.24, 2.45) is 17.8 Å². The topological polar surface area (TPSA) is 53.3 Å². The fourth-order valence-corrected chi connectivity index (χ4v) is 3.19. The van der Waals surface area contributed by atoms with Crippen LogP contribution < -0.4 is 0 Å². The Kier molecular flexibility index (Phi) is 4.57. The summed E-state index contributed by atoms with van der Waals surface area (Å²) < 4.78 is 5.44. The lowest BCUT2D eigenvalue weighted by Crippen LogP contribution is -2.45. The van der Waals surface area contributed by atoms with Gasteiger partial charge in [0.25, 0.3) is 0 Å². The van der Waals surface area contributed by atoms with Gasteiger partial charge in [-0.15, -0.1) is 0 Å². The molecular weight excluding hydrogens is 252 g/mol. The molecule has 0 aromatic heterocycles. The molecule has 0 N–H and O–H groups in total. The maximum Gasteiger partial charge on any atom is 0.410 e. The number of likely N-dealkylation sites (tertiary alicyclic amines) is 1. The van der Waals surface area contributed by atoms with E-state index in [2.05, 4.69) is 6.07 Å². The number of piperidine rings is 1. The Labute approximate surface area is 122 Å². The highest BCUT2D eigenvalue weighted by molar-refractivity contribution is 5.68. The fraction of sp³-hybridized carbons (Fsp3) is 0.875. The molecule has 1 saturated heterocycles. The molecule has 0 spiro atoms. The molecule has 1 amide bonds. The second kappa shape index (κ2) is 6.03. The van der Waals surface area contributed by atoms with Crippen LogP contribution in [0.1, 0.15) is 52.9 Å². The molecule has 4 nitrogen and oxygen atoms in total. The van der Waals surface area contributed by atoms with Gasteiger partial charge in [-0.25, -0.2) is 4.79 Å². The Balaban J connectivity index is 1.94. The SMILES string of the molecule is CC(C)(C)OC(=O)N1CCCC(C(C#N)C2CCC2)C1. The zero-order valence-electron chi connectivity index (χ0n) is 12.9. The average molecular weight is 278 g/mol. The van der Waals surface area contributed by atoms with Gasteiger partial charge in [-0.1, -0.05) is 6.42 Å². The number of hydrogen-bond acceptors (Lipinski definition) is 3. The van der Waals surface area contributed by atoms with Crippen molar-refractivity contribution >= 4 is 6.09 Å². The van der Waals surface area contributed by atoms with Crippen LogP contribution in [0.2, 0.25) is 0 Å². The van der Waals surface area contributed by atoms with Gasteiger partial charge < -0.3 is 9.64 Å². The van der Waals surface area contributed by atoms with Crippen molar-refractivity contribution in [2.45, 2.75) is 58.5 Å². The number of nitrogens with zero attached hydrogens (tertiary/aromatic N) is 2. The van der Waals surface area contributed by atoms with Gasteiger partial charge in [0.15, 0.2) is 0 Å². The summed E-state index contributed by atoms with van der Waals surface area (Å²) in [5.41, 5.74) is -0.452. The molecule has 1 aliphatic carbocycles. The first-order valence-corrected chi connectivity index (χ1v) is 7.78. The third-order valence-corrected chi connectivity index (χ3v) is 4.42. The molecule has 20 heavy (non-hydrogen) atoms. The minimum Gasteiger partial charge on any atom is -0.444 e. The number of ether oxygens (including phenoxy) is 1. The zero-order valence-corrected chi connectivity index (χ0v) is 12.9. The van der Waals surface area contributed by atoms with E-state index in [0.717, 1.165) is 19.4 Å². The summed E-state index contributed by atoms with van der Waals surface area (Å²) >= 11 is 0. The van der Waals surface area contributed by atoms with E-state index in [1.54, 1.807) is 4.90 Å². The summed E-state index contributed by atoms with van der Waals surface area (Å²) in [6.07, 6.45) is 5.43. The van der Waals surface area contributed by atoms with E-state index in [0.29, 0.717) is 18.4 Å². The molecule has 2 fully saturated rings. The molecule has 2 atom stereocenters. The molecule has 0 bridgehead atoms. The standard InChI is InChI=1S/C16H26N2O2/c1-16(2,3)20-15(19)18-9-5-8-13(11-18)14(10-17)12-6-4-7-12/h12-14H,4-9,11H2,1-3H3. The van der Waals surface area contributed by atoms with Gasteiger partial charge in [-0.3, -0.25) is 0 Å². The monoisotopic (exact) mass is 278 g/mol. The molecule has 2 aliphatic rings. The molecule has 4 heteroatoms. The molecule has 112 valence electrons. The van der Waals surface area contributed by atoms with Crippen molar-refractivity contribution in [1.29, 1.82) is 5.26 Å². The van der Waals surface area contributed by atoms with Crippen molar-refractivity contribution < 1.29 is 9.53 Å². The highest BCUT2D eigenvalue weighted by Gasteiger charge is 2.37. The molecule has 0 aromatic rings. The molecule has 0 radical (unpaired) electrons. The van der Waals surface area contributed by atoms with Gasteiger partial charge in [0.1, 0.15) is 5.60 Å². The van der Waals surface area contributed by atoms with Crippen LogP contribution in [0.4, 0.5) is 4.79 Å². The van der Waals surface area contributed by atoms with Crippen molar-refractivity contribution in [3.63, 3.8) is 0 Å². The Hall–Kier alpha value is -1.24. The van der Waals surface area contributed by atoms with E-state index < -0.39 is 5.60 Å². The summed E-state index contributed by atoms with van der Waals surface area (Å²) in [5.74, 6) is 1.00. The van der Waals surface area contributed by atoms with Crippen LogP contribution in [0.5, 0.6) is 0 Å². The van der Waals surface area contributed by atoms with E-state index >= 15 is 0 Å². The zero-order chi connectivity index (χ0) is 14.8. The van der Waals surface area contributed by atoms with Crippen LogP contribution in [-0.4, -0.2) is 29.7 Å². The van der Waals surface area contributed by atoms with Crippen molar-refractivity contribution in [3.05, 3.63) is 0 Å². The van der Waals surface area contributed by atoms with Gasteiger partial charge in [-0.05, 0) is 58.3 Å². The summed E-state index contributed by atoms with van der Waals surface area (Å²) in [6, 6.07) is 2.50. The number of amides is 1. The van der Waals surface area contributed by atoms with Crippen LogP contribution in [0.25, 0.3) is 0 Å². The molecule has 1 heterocycles. The molecule has 1 aliphatic heterocycles. The first-order valence-electron chi connectivity index (χ1n) is 7.78. The Morgan fingerprint density at radius 2 is 1.90 bits per heavy atom. The first kappa shape index (κ1) is 15.2. The highest BCUT2D eigenvalue weighted by atomic mass is 16.6. The average Bonchev–Trinajstić information content (AvgIpc) is 2.31. The van der Waals surface area contributed by atoms with Crippen LogP contribution in [0.3, 0.4) is 0 Å². The predicted octanol–water partition coefficient (Wildman–Crippen LogP) is 3.57. The number of carbonyl (C=O) groups excluding carboxylic acids is 1. The maximum absolute atomic E-state index is 12.1. The highest BCUT2D eigenvalue weighted by Crippen LogP contribution is 2.39. The van der Waals surface area contributed by atoms with Crippen molar-refractivity contribution in [2.75, 3.05) is 13.1 Å². The molecule has 2 rings (SSSR count). The molecule has 1 saturated carbocycles. The summed E-state index contributed by atoms with van der Waals surface area (Å²) in [5, 5.41) is 9.44. The van der Waals surface area contributed by atoms with E-state index in [-0.39, 0.29) is 12.0 Å². The smallest absolute Gasteiger partial charge is 0.410 e. The van der Waals surface area contributed by atoms with Gasteiger partial charge in [0, 0.05) is 13.1 Å². The van der Waals surface area contributed by atoms with Crippen molar-refractivity contribution in [3.8, 4) is 6.07 Å². The van der Waals surface area contributed by atoms with E-state index in [9.17, 15) is 10.1 Å². The molecule has 0 aromatic carbocycles. The number of hydrogen-bond donors (Lipinski definition) is 0. The van der Waals surface area contributed by atoms with Crippen molar-refractivity contribution in [1.82, 2.24) is 4.90 Å². The lowest BCUT2D eigenvalue weighted by molar-refractivity contribution is 0.0110. The summed E-state index contributed by atoms with van der Waals surface area (Å²) in [7, 11) is 0. The number of rotatable bonds is 2. The number of nitriles is 1. The van der Waals surface area contributed by atoms with Gasteiger partial charge in [0.05, 0.1) is 12.0 Å². The van der Waals surface area contributed by atoms with Crippen LogP contribution in [0.15, 0.2) is 0 Å². The largest absolute Gasteiger partial charge is 0.444 e. The number of carbonyl (C=O) groups is 1. The Bertz CT molecular complexity index is 390. The second-order valence-corrected chi connectivity index (χ2v) is 7.17. The van der Waals surface area contributed by atoms with E-state index in [1.807, 2.05) is 20.8 Å². The third-order valence-electron chi connectivity index (χ3n) is 4.42. The van der Waals surface area contributed by atoms with Gasteiger partial charge in [0.2, 0.25) is 0 Å². The van der Waals surface area contributed by atoms with Crippen LogP contribution in [-0.2, 0) is 4.74 Å². The minimum absolute atomic E-state index is 0.119. The van der Waals surface area contributed by atoms with E-state index in [4.69, 9.17) is 4.74 Å². The molecular formula is C16H26N2O2. The van der Waals surface area contributed by atoms with Crippen LogP contribution in [0, 0.1) is 29.1 Å². The Morgan fingerprint density at radius 1 is 1.25 bits per heavy atom. The second-order valence-electron chi connectivity index (χ2n) is 7.17. The summed E-state index contributed by atoms with van der Waals surface area (Å²) in [6.45, 7) is 7.11. The normalized spacial score (nSPS) is 25.5. The lowest BCUT2D eigenvalue weighted by atomic mass is 9.69. The maximum atomic E-state index is 12.1. The first-order chi connectivity index (χ1) is 9.40. The lowest BCUT2D eigenvalue weighted by Gasteiger charge is -2.40. The quantitative estimate of drug-likeness (QED) is 0.776. The Morgan fingerprint density at radius 3 is 2.40 bits per heavy atom. The van der Waals surface area contributed by atoms with Gasteiger partial charge >= 0.3 is 6.09 Å². The third kappa shape index (κ3) is 3.65. The fourth-order valence-electron chi connectivity index (χ4n) is 3.19. The minimum atomic E-state index is -0.452. The molecule has 2 unspecified atom stereocenters. The van der Waals surface area contributed by atoms with E-state index in [1.165, 1.54) is 19.3 Å². The predicted molar refractivity (Wildman–Crippen MR) is 77.0 cm³/mol. The summed E-state index contributed by atoms with van der Waals surface area (Å²) in [4.78, 5) is 13.9. The van der Waals surface area contributed by atoms with Gasteiger partial charge in [-0.2, -0.15) is 5.26 Å². The van der Waals surface area contributed by atoms with Crippen LogP contribution >= 0.6 is 0 Å².